The molecule has 0 saturated heterocycles. The largest absolute Gasteiger partial charge is 0.389 e. The Kier molecular flexibility index (Phi) is 4.19. The number of hydrogen-bond donors (Lipinski definition) is 2. The second-order valence-electron chi connectivity index (χ2n) is 4.09. The Bertz CT molecular complexity index is 787. The highest BCUT2D eigenvalue weighted by Crippen LogP contribution is 2.22. The summed E-state index contributed by atoms with van der Waals surface area (Å²) in [6, 6.07) is 8.49. The Morgan fingerprint density at radius 2 is 1.67 bits per heavy atom. The second kappa shape index (κ2) is 5.74. The maximum atomic E-state index is 13.5. The lowest BCUT2D eigenvalue weighted by atomic mass is 10.2. The van der Waals surface area contributed by atoms with E-state index in [0.29, 0.717) is 5.56 Å². The average molecular weight is 328 g/mol. The van der Waals surface area contributed by atoms with Crippen molar-refractivity contribution in [2.75, 3.05) is 4.72 Å². The van der Waals surface area contributed by atoms with Gasteiger partial charge < -0.3 is 5.73 Å². The molecule has 8 heteroatoms. The molecule has 0 heterocycles. The lowest BCUT2D eigenvalue weighted by molar-refractivity contribution is 0.583. The highest BCUT2D eigenvalue weighted by Gasteiger charge is 2.19. The van der Waals surface area contributed by atoms with E-state index < -0.39 is 27.3 Å². The molecule has 0 aliphatic carbocycles. The van der Waals surface area contributed by atoms with Gasteiger partial charge in [0.25, 0.3) is 10.0 Å². The molecule has 2 aromatic rings. The van der Waals surface area contributed by atoms with Gasteiger partial charge in [-0.3, -0.25) is 4.72 Å². The van der Waals surface area contributed by atoms with Crippen LogP contribution in [-0.4, -0.2) is 13.4 Å². The molecule has 0 bridgehead atoms. The van der Waals surface area contributed by atoms with E-state index in [1.807, 2.05) is 4.72 Å². The van der Waals surface area contributed by atoms with Crippen LogP contribution in [0.1, 0.15) is 5.56 Å². The molecule has 4 nitrogen and oxygen atoms in total. The smallest absolute Gasteiger partial charge is 0.262 e. The standard InChI is InChI=1S/C13H10F2N2O2S2/c14-10-5-2-6-11(15)12(10)17-21(18,19)9-4-1-3-8(7-9)13(16)20/h1-7,17H,(H2,16,20). The van der Waals surface area contributed by atoms with Crippen molar-refractivity contribution < 1.29 is 17.2 Å². The lowest BCUT2D eigenvalue weighted by Gasteiger charge is -2.10. The summed E-state index contributed by atoms with van der Waals surface area (Å²) >= 11 is 4.76. The molecule has 0 aromatic heterocycles. The van der Waals surface area contributed by atoms with Gasteiger partial charge in [0.2, 0.25) is 0 Å². The van der Waals surface area contributed by atoms with E-state index in [0.717, 1.165) is 18.2 Å². The van der Waals surface area contributed by atoms with Crippen molar-refractivity contribution in [2.45, 2.75) is 4.90 Å². The third-order valence-corrected chi connectivity index (χ3v) is 4.21. The van der Waals surface area contributed by atoms with Gasteiger partial charge in [0.15, 0.2) is 0 Å². The van der Waals surface area contributed by atoms with Crippen LogP contribution in [0.5, 0.6) is 0 Å². The summed E-state index contributed by atoms with van der Waals surface area (Å²) in [7, 11) is -4.16. The van der Waals surface area contributed by atoms with Gasteiger partial charge >= 0.3 is 0 Å². The number of anilines is 1. The Morgan fingerprint density at radius 3 is 2.24 bits per heavy atom. The van der Waals surface area contributed by atoms with Crippen LogP contribution in [0, 0.1) is 11.6 Å². The van der Waals surface area contributed by atoms with E-state index in [-0.39, 0.29) is 9.88 Å². The van der Waals surface area contributed by atoms with Crippen molar-refractivity contribution >= 4 is 32.9 Å². The fourth-order valence-electron chi connectivity index (χ4n) is 1.61. The minimum atomic E-state index is -4.16. The molecule has 0 aliphatic heterocycles. The number of rotatable bonds is 4. The fraction of sp³-hybridized carbons (Fsp3) is 0. The Morgan fingerprint density at radius 1 is 1.10 bits per heavy atom. The predicted octanol–water partition coefficient (Wildman–Crippen LogP) is 2.40. The SMILES string of the molecule is NC(=S)c1cccc(S(=O)(=O)Nc2c(F)cccc2F)c1. The first-order chi connectivity index (χ1) is 9.81. The second-order valence-corrected chi connectivity index (χ2v) is 6.22. The first kappa shape index (κ1) is 15.3. The quantitative estimate of drug-likeness (QED) is 0.846. The van der Waals surface area contributed by atoms with Gasteiger partial charge in [0, 0.05) is 5.56 Å². The summed E-state index contributed by atoms with van der Waals surface area (Å²) in [6.07, 6.45) is 0. The summed E-state index contributed by atoms with van der Waals surface area (Å²) in [5.41, 5.74) is 5.02. The van der Waals surface area contributed by atoms with Gasteiger partial charge in [-0.05, 0) is 24.3 Å². The van der Waals surface area contributed by atoms with E-state index in [1.54, 1.807) is 0 Å². The van der Waals surface area contributed by atoms with Crippen molar-refractivity contribution in [3.05, 3.63) is 59.7 Å². The van der Waals surface area contributed by atoms with Gasteiger partial charge in [0.05, 0.1) is 4.90 Å². The van der Waals surface area contributed by atoms with E-state index in [1.165, 1.54) is 24.3 Å². The van der Waals surface area contributed by atoms with Crippen LogP contribution < -0.4 is 10.5 Å². The molecule has 2 aromatic carbocycles. The van der Waals surface area contributed by atoms with Crippen LogP contribution in [0.2, 0.25) is 0 Å². The summed E-state index contributed by atoms with van der Waals surface area (Å²) in [6.45, 7) is 0. The van der Waals surface area contributed by atoms with Crippen molar-refractivity contribution in [1.29, 1.82) is 0 Å². The van der Waals surface area contributed by atoms with Crippen molar-refractivity contribution in [1.82, 2.24) is 0 Å². The van der Waals surface area contributed by atoms with Crippen molar-refractivity contribution in [3.8, 4) is 0 Å². The normalized spacial score (nSPS) is 11.1. The molecule has 0 radical (unpaired) electrons. The number of hydrogen-bond acceptors (Lipinski definition) is 3. The van der Waals surface area contributed by atoms with Gasteiger partial charge in [-0.2, -0.15) is 0 Å². The van der Waals surface area contributed by atoms with Gasteiger partial charge in [-0.15, -0.1) is 0 Å². The number of para-hydroxylation sites is 1. The molecule has 2 rings (SSSR count). The van der Waals surface area contributed by atoms with Crippen LogP contribution >= 0.6 is 12.2 Å². The van der Waals surface area contributed by atoms with Gasteiger partial charge in [-0.1, -0.05) is 30.4 Å². The maximum absolute atomic E-state index is 13.5. The highest BCUT2D eigenvalue weighted by molar-refractivity contribution is 7.92. The number of thiocarbonyl (C=S) groups is 1. The molecule has 21 heavy (non-hydrogen) atoms. The number of nitrogens with one attached hydrogen (secondary N) is 1. The topological polar surface area (TPSA) is 72.2 Å². The predicted molar refractivity (Wildman–Crippen MR) is 79.5 cm³/mol. The highest BCUT2D eigenvalue weighted by atomic mass is 32.2. The molecule has 0 unspecified atom stereocenters. The Balaban J connectivity index is 2.44. The summed E-state index contributed by atoms with van der Waals surface area (Å²) < 4.78 is 53.2. The molecule has 0 atom stereocenters. The van der Waals surface area contributed by atoms with E-state index in [2.05, 4.69) is 0 Å². The van der Waals surface area contributed by atoms with Crippen molar-refractivity contribution in [2.24, 2.45) is 5.73 Å². The van der Waals surface area contributed by atoms with E-state index in [4.69, 9.17) is 18.0 Å². The third-order valence-electron chi connectivity index (χ3n) is 2.63. The lowest BCUT2D eigenvalue weighted by Crippen LogP contribution is -2.16. The Hall–Kier alpha value is -2.06. The van der Waals surface area contributed by atoms with Crippen LogP contribution in [0.4, 0.5) is 14.5 Å². The third kappa shape index (κ3) is 3.34. The zero-order valence-corrected chi connectivity index (χ0v) is 12.1. The molecule has 0 spiro atoms. The maximum Gasteiger partial charge on any atom is 0.262 e. The molecule has 0 fully saturated rings. The molecular weight excluding hydrogens is 318 g/mol. The number of nitrogens with two attached hydrogens (primary N) is 1. The summed E-state index contributed by atoms with van der Waals surface area (Å²) in [5, 5.41) is 0. The molecule has 0 aliphatic rings. The molecular formula is C13H10F2N2O2S2. The number of benzene rings is 2. The van der Waals surface area contributed by atoms with Crippen LogP contribution in [0.25, 0.3) is 0 Å². The molecule has 110 valence electrons. The molecule has 0 amide bonds. The van der Waals surface area contributed by atoms with Crippen molar-refractivity contribution in [3.63, 3.8) is 0 Å². The van der Waals surface area contributed by atoms with Crippen LogP contribution in [-0.2, 0) is 10.0 Å². The summed E-state index contributed by atoms with van der Waals surface area (Å²) in [4.78, 5) is -0.181. The first-order valence-electron chi connectivity index (χ1n) is 5.68. The van der Waals surface area contributed by atoms with E-state index >= 15 is 0 Å². The Labute approximate surface area is 125 Å². The molecule has 3 N–H and O–H groups in total. The first-order valence-corrected chi connectivity index (χ1v) is 7.57. The minimum absolute atomic E-state index is 0.0177. The van der Waals surface area contributed by atoms with Gasteiger partial charge in [0.1, 0.15) is 22.3 Å². The summed E-state index contributed by atoms with van der Waals surface area (Å²) in [5.74, 6) is -2.02. The van der Waals surface area contributed by atoms with Gasteiger partial charge in [-0.25, -0.2) is 17.2 Å². The average Bonchev–Trinajstić information content (AvgIpc) is 2.43. The molecule has 0 saturated carbocycles. The number of sulfonamides is 1. The monoisotopic (exact) mass is 328 g/mol. The minimum Gasteiger partial charge on any atom is -0.389 e. The fourth-order valence-corrected chi connectivity index (χ4v) is 2.85. The van der Waals surface area contributed by atoms with Crippen LogP contribution in [0.15, 0.2) is 47.4 Å². The number of halogens is 2. The van der Waals surface area contributed by atoms with Crippen LogP contribution in [0.3, 0.4) is 0 Å². The van der Waals surface area contributed by atoms with E-state index in [9.17, 15) is 17.2 Å². The zero-order chi connectivity index (χ0) is 15.6. The zero-order valence-electron chi connectivity index (χ0n) is 10.5.